The number of nitrogens with zero attached hydrogens (tertiary/aromatic N) is 1. The topological polar surface area (TPSA) is 84.9 Å². The summed E-state index contributed by atoms with van der Waals surface area (Å²) in [6.07, 6.45) is 0.181. The lowest BCUT2D eigenvalue weighted by Gasteiger charge is -2.17. The Hall–Kier alpha value is -3.35. The number of para-hydroxylation sites is 1. The molecule has 1 fully saturated rings. The molecule has 7 nitrogen and oxygen atoms in total. The average Bonchev–Trinajstić information content (AvgIpc) is 3.10. The van der Waals surface area contributed by atoms with Crippen LogP contribution in [0.4, 0.5) is 11.4 Å². The maximum Gasteiger partial charge on any atom is 0.343 e. The first-order chi connectivity index (χ1) is 13.5. The second-order valence-corrected chi connectivity index (χ2v) is 6.57. The van der Waals surface area contributed by atoms with Gasteiger partial charge in [0, 0.05) is 24.3 Å². The van der Waals surface area contributed by atoms with Crippen LogP contribution in [-0.2, 0) is 19.1 Å². The Morgan fingerprint density at radius 1 is 1.18 bits per heavy atom. The van der Waals surface area contributed by atoms with E-state index in [4.69, 9.17) is 4.74 Å². The predicted molar refractivity (Wildman–Crippen MR) is 104 cm³/mol. The van der Waals surface area contributed by atoms with Crippen LogP contribution in [0.15, 0.2) is 48.5 Å². The molecule has 0 aromatic heterocycles. The molecule has 0 spiro atoms. The number of carbonyl (C=O) groups is 3. The molecule has 2 aromatic carbocycles. The van der Waals surface area contributed by atoms with Gasteiger partial charge in [-0.3, -0.25) is 9.59 Å². The molecule has 2 aromatic rings. The predicted octanol–water partition coefficient (Wildman–Crippen LogP) is 2.54. The lowest BCUT2D eigenvalue weighted by Crippen LogP contribution is -2.28. The number of carbonyl (C=O) groups excluding carboxylic acids is 3. The Labute approximate surface area is 163 Å². The Balaban J connectivity index is 1.62. The molecule has 1 atom stereocenters. The third-order valence-corrected chi connectivity index (χ3v) is 4.60. The molecule has 1 unspecified atom stereocenters. The molecule has 1 saturated heterocycles. The van der Waals surface area contributed by atoms with Crippen LogP contribution in [0, 0.1) is 12.8 Å². The molecular formula is C21H22N2O5. The zero-order valence-corrected chi connectivity index (χ0v) is 15.8. The molecule has 1 heterocycles. The van der Waals surface area contributed by atoms with Gasteiger partial charge in [0.05, 0.1) is 13.0 Å². The van der Waals surface area contributed by atoms with Gasteiger partial charge in [-0.15, -0.1) is 0 Å². The standard InChI is InChI=1S/C21H22N2O5/c1-14-10-17(28-13-20(25)27-2)8-9-18(14)22-21(26)15-11-19(24)23(12-15)16-6-4-3-5-7-16/h3-10,15H,11-13H2,1-2H3,(H,22,26). The van der Waals surface area contributed by atoms with Gasteiger partial charge in [-0.1, -0.05) is 18.2 Å². The van der Waals surface area contributed by atoms with Crippen molar-refractivity contribution in [1.82, 2.24) is 0 Å². The zero-order valence-electron chi connectivity index (χ0n) is 15.8. The first kappa shape index (κ1) is 19.4. The highest BCUT2D eigenvalue weighted by Crippen LogP contribution is 2.27. The summed E-state index contributed by atoms with van der Waals surface area (Å²) in [6, 6.07) is 14.4. The lowest BCUT2D eigenvalue weighted by atomic mass is 10.1. The molecule has 28 heavy (non-hydrogen) atoms. The largest absolute Gasteiger partial charge is 0.482 e. The van der Waals surface area contributed by atoms with Crippen molar-refractivity contribution in [3.63, 3.8) is 0 Å². The van der Waals surface area contributed by atoms with Crippen molar-refractivity contribution in [2.45, 2.75) is 13.3 Å². The molecule has 1 aliphatic heterocycles. The fourth-order valence-electron chi connectivity index (χ4n) is 3.04. The summed E-state index contributed by atoms with van der Waals surface area (Å²) in [5, 5.41) is 2.88. The maximum absolute atomic E-state index is 12.6. The van der Waals surface area contributed by atoms with Crippen LogP contribution < -0.4 is 15.0 Å². The van der Waals surface area contributed by atoms with E-state index in [1.165, 1.54) is 7.11 Å². The molecule has 0 radical (unpaired) electrons. The van der Waals surface area contributed by atoms with Gasteiger partial charge in [-0.25, -0.2) is 4.79 Å². The summed E-state index contributed by atoms with van der Waals surface area (Å²) in [7, 11) is 1.29. The number of amides is 2. The van der Waals surface area contributed by atoms with E-state index in [0.29, 0.717) is 18.0 Å². The molecule has 146 valence electrons. The number of nitrogens with one attached hydrogen (secondary N) is 1. The van der Waals surface area contributed by atoms with E-state index in [9.17, 15) is 14.4 Å². The van der Waals surface area contributed by atoms with Crippen LogP contribution in [-0.4, -0.2) is 38.0 Å². The van der Waals surface area contributed by atoms with Crippen molar-refractivity contribution in [2.75, 3.05) is 30.5 Å². The molecular weight excluding hydrogens is 360 g/mol. The molecule has 7 heteroatoms. The van der Waals surface area contributed by atoms with Crippen molar-refractivity contribution < 1.29 is 23.9 Å². The number of ether oxygens (including phenoxy) is 2. The van der Waals surface area contributed by atoms with Gasteiger partial charge in [0.1, 0.15) is 5.75 Å². The highest BCUT2D eigenvalue weighted by Gasteiger charge is 2.35. The summed E-state index contributed by atoms with van der Waals surface area (Å²) < 4.78 is 9.87. The zero-order chi connectivity index (χ0) is 20.1. The van der Waals surface area contributed by atoms with Gasteiger partial charge < -0.3 is 19.7 Å². The Morgan fingerprint density at radius 2 is 1.93 bits per heavy atom. The van der Waals surface area contributed by atoms with Crippen LogP contribution in [0.3, 0.4) is 0 Å². The van der Waals surface area contributed by atoms with Gasteiger partial charge in [-0.05, 0) is 42.8 Å². The minimum absolute atomic E-state index is 0.0605. The monoisotopic (exact) mass is 382 g/mol. The second kappa shape index (κ2) is 8.56. The van der Waals surface area contributed by atoms with Gasteiger partial charge in [0.2, 0.25) is 11.8 Å². The highest BCUT2D eigenvalue weighted by atomic mass is 16.6. The van der Waals surface area contributed by atoms with E-state index in [-0.39, 0.29) is 24.8 Å². The van der Waals surface area contributed by atoms with E-state index in [2.05, 4.69) is 10.1 Å². The highest BCUT2D eigenvalue weighted by molar-refractivity contribution is 6.03. The maximum atomic E-state index is 12.6. The van der Waals surface area contributed by atoms with E-state index in [1.807, 2.05) is 37.3 Å². The third-order valence-electron chi connectivity index (χ3n) is 4.60. The number of hydrogen-bond acceptors (Lipinski definition) is 5. The summed E-state index contributed by atoms with van der Waals surface area (Å²) in [5.74, 6) is -0.633. The van der Waals surface area contributed by atoms with E-state index in [0.717, 1.165) is 11.3 Å². The smallest absolute Gasteiger partial charge is 0.343 e. The van der Waals surface area contributed by atoms with E-state index in [1.54, 1.807) is 23.1 Å². The Kier molecular flexibility index (Phi) is 5.93. The molecule has 1 aliphatic rings. The van der Waals surface area contributed by atoms with Crippen LogP contribution in [0.1, 0.15) is 12.0 Å². The van der Waals surface area contributed by atoms with Crippen molar-refractivity contribution >= 4 is 29.2 Å². The van der Waals surface area contributed by atoms with E-state index < -0.39 is 11.9 Å². The summed E-state index contributed by atoms with van der Waals surface area (Å²) in [4.78, 5) is 37.7. The number of rotatable bonds is 6. The van der Waals surface area contributed by atoms with Crippen LogP contribution in [0.5, 0.6) is 5.75 Å². The minimum Gasteiger partial charge on any atom is -0.482 e. The number of aryl methyl sites for hydroxylation is 1. The molecule has 0 aliphatic carbocycles. The Bertz CT molecular complexity index is 882. The lowest BCUT2D eigenvalue weighted by molar-refractivity contribution is -0.142. The quantitative estimate of drug-likeness (QED) is 0.776. The van der Waals surface area contributed by atoms with Crippen molar-refractivity contribution in [3.05, 3.63) is 54.1 Å². The van der Waals surface area contributed by atoms with Gasteiger partial charge in [-0.2, -0.15) is 0 Å². The number of benzene rings is 2. The molecule has 1 N–H and O–H groups in total. The van der Waals surface area contributed by atoms with Crippen LogP contribution in [0.2, 0.25) is 0 Å². The fraction of sp³-hybridized carbons (Fsp3) is 0.286. The number of esters is 1. The van der Waals surface area contributed by atoms with Gasteiger partial charge in [0.25, 0.3) is 0 Å². The first-order valence-electron chi connectivity index (χ1n) is 8.94. The summed E-state index contributed by atoms with van der Waals surface area (Å²) in [5.41, 5.74) is 2.23. The van der Waals surface area contributed by atoms with Gasteiger partial charge >= 0.3 is 5.97 Å². The molecule has 0 bridgehead atoms. The minimum atomic E-state index is -0.469. The van der Waals surface area contributed by atoms with Crippen molar-refractivity contribution in [2.24, 2.45) is 5.92 Å². The fourth-order valence-corrected chi connectivity index (χ4v) is 3.04. The summed E-state index contributed by atoms with van der Waals surface area (Å²) >= 11 is 0. The summed E-state index contributed by atoms with van der Waals surface area (Å²) in [6.45, 7) is 2.01. The molecule has 3 rings (SSSR count). The molecule has 2 amide bonds. The third kappa shape index (κ3) is 4.49. The van der Waals surface area contributed by atoms with E-state index >= 15 is 0 Å². The van der Waals surface area contributed by atoms with Crippen LogP contribution in [0.25, 0.3) is 0 Å². The van der Waals surface area contributed by atoms with Crippen LogP contribution >= 0.6 is 0 Å². The van der Waals surface area contributed by atoms with Crippen molar-refractivity contribution in [1.29, 1.82) is 0 Å². The van der Waals surface area contributed by atoms with Crippen molar-refractivity contribution in [3.8, 4) is 5.75 Å². The number of methoxy groups -OCH3 is 1. The Morgan fingerprint density at radius 3 is 2.61 bits per heavy atom. The normalized spacial score (nSPS) is 16.0. The SMILES string of the molecule is COC(=O)COc1ccc(NC(=O)C2CC(=O)N(c3ccccc3)C2)c(C)c1. The average molecular weight is 382 g/mol. The molecule has 0 saturated carbocycles. The number of hydrogen-bond donors (Lipinski definition) is 1. The first-order valence-corrected chi connectivity index (χ1v) is 8.94. The number of anilines is 2. The van der Waals surface area contributed by atoms with Gasteiger partial charge in [0.15, 0.2) is 6.61 Å². The second-order valence-electron chi connectivity index (χ2n) is 6.57.